The van der Waals surface area contributed by atoms with Crippen LogP contribution in [0.3, 0.4) is 0 Å². The number of aromatic nitrogens is 2. The second kappa shape index (κ2) is 6.27. The largest absolute Gasteiger partial charge is 0.495 e. The first-order valence-corrected chi connectivity index (χ1v) is 6.62. The van der Waals surface area contributed by atoms with Gasteiger partial charge in [0.05, 0.1) is 31.4 Å². The average Bonchev–Trinajstić information content (AvgIpc) is 2.85. The quantitative estimate of drug-likeness (QED) is 0.865. The summed E-state index contributed by atoms with van der Waals surface area (Å²) >= 11 is 0. The molecule has 0 aliphatic carbocycles. The summed E-state index contributed by atoms with van der Waals surface area (Å²) in [4.78, 5) is 4.20. The van der Waals surface area contributed by atoms with Crippen LogP contribution in [0, 0.1) is 6.92 Å². The van der Waals surface area contributed by atoms with Crippen LogP contribution in [0.1, 0.15) is 24.6 Å². The lowest BCUT2D eigenvalue weighted by atomic mass is 10.2. The summed E-state index contributed by atoms with van der Waals surface area (Å²) in [6, 6.07) is 6.16. The molecule has 0 atom stereocenters. The van der Waals surface area contributed by atoms with Gasteiger partial charge in [-0.25, -0.2) is 4.98 Å². The van der Waals surface area contributed by atoms with Gasteiger partial charge in [-0.3, -0.25) is 0 Å². The van der Waals surface area contributed by atoms with Crippen molar-refractivity contribution in [3.63, 3.8) is 0 Å². The lowest BCUT2D eigenvalue weighted by molar-refractivity contribution is 0.416. The molecule has 19 heavy (non-hydrogen) atoms. The summed E-state index contributed by atoms with van der Waals surface area (Å²) < 4.78 is 7.56. The van der Waals surface area contributed by atoms with E-state index < -0.39 is 0 Å². The molecular formula is C15H21N3O. The summed E-state index contributed by atoms with van der Waals surface area (Å²) in [5, 5.41) is 3.41. The van der Waals surface area contributed by atoms with Crippen molar-refractivity contribution in [3.8, 4) is 5.75 Å². The summed E-state index contributed by atoms with van der Waals surface area (Å²) in [5.74, 6) is 0.876. The summed E-state index contributed by atoms with van der Waals surface area (Å²) in [6.07, 6.45) is 4.90. The first kappa shape index (κ1) is 13.5. The lowest BCUT2D eigenvalue weighted by Crippen LogP contribution is -2.07. The number of methoxy groups -OCH3 is 1. The van der Waals surface area contributed by atoms with Crippen LogP contribution in [-0.4, -0.2) is 16.7 Å². The van der Waals surface area contributed by atoms with Crippen molar-refractivity contribution >= 4 is 5.69 Å². The Balaban J connectivity index is 2.07. The Labute approximate surface area is 114 Å². The van der Waals surface area contributed by atoms with E-state index in [1.54, 1.807) is 7.11 Å². The van der Waals surface area contributed by atoms with Crippen LogP contribution in [0.2, 0.25) is 0 Å². The van der Waals surface area contributed by atoms with Crippen molar-refractivity contribution in [3.05, 3.63) is 42.0 Å². The van der Waals surface area contributed by atoms with Crippen LogP contribution in [0.25, 0.3) is 0 Å². The number of benzene rings is 1. The zero-order valence-electron chi connectivity index (χ0n) is 11.8. The molecule has 0 aliphatic rings. The molecule has 0 radical (unpaired) electrons. The molecule has 1 N–H and O–H groups in total. The summed E-state index contributed by atoms with van der Waals surface area (Å²) in [5.41, 5.74) is 3.39. The third-order valence-corrected chi connectivity index (χ3v) is 3.08. The minimum absolute atomic E-state index is 0.749. The van der Waals surface area contributed by atoms with Gasteiger partial charge in [0.15, 0.2) is 0 Å². The van der Waals surface area contributed by atoms with Crippen LogP contribution in [0.5, 0.6) is 5.75 Å². The van der Waals surface area contributed by atoms with Gasteiger partial charge in [-0.2, -0.15) is 0 Å². The highest BCUT2D eigenvalue weighted by molar-refractivity contribution is 5.57. The standard InChI is InChI=1S/C15H21N3O/c1-4-7-18-11-16-9-13(18)10-17-14-6-5-12(2)8-15(14)19-3/h5-6,8-9,11,17H,4,7,10H2,1-3H3. The van der Waals surface area contributed by atoms with Crippen LogP contribution in [0.4, 0.5) is 5.69 Å². The first-order chi connectivity index (χ1) is 9.24. The predicted molar refractivity (Wildman–Crippen MR) is 77.6 cm³/mol. The van der Waals surface area contributed by atoms with Crippen molar-refractivity contribution in [2.24, 2.45) is 0 Å². The van der Waals surface area contributed by atoms with Crippen LogP contribution in [-0.2, 0) is 13.1 Å². The molecule has 1 heterocycles. The fourth-order valence-corrected chi connectivity index (χ4v) is 2.07. The maximum Gasteiger partial charge on any atom is 0.142 e. The maximum atomic E-state index is 5.39. The van der Waals surface area contributed by atoms with E-state index in [1.165, 1.54) is 11.3 Å². The van der Waals surface area contributed by atoms with Gasteiger partial charge in [0, 0.05) is 12.7 Å². The van der Waals surface area contributed by atoms with E-state index in [1.807, 2.05) is 18.6 Å². The highest BCUT2D eigenvalue weighted by atomic mass is 16.5. The van der Waals surface area contributed by atoms with E-state index in [0.717, 1.165) is 30.9 Å². The normalized spacial score (nSPS) is 10.5. The van der Waals surface area contributed by atoms with E-state index in [0.29, 0.717) is 0 Å². The maximum absolute atomic E-state index is 5.39. The number of hydrogen-bond acceptors (Lipinski definition) is 3. The molecule has 1 aromatic carbocycles. The van der Waals surface area contributed by atoms with Crippen LogP contribution < -0.4 is 10.1 Å². The van der Waals surface area contributed by atoms with Gasteiger partial charge in [0.2, 0.25) is 0 Å². The Kier molecular flexibility index (Phi) is 4.44. The number of anilines is 1. The number of rotatable bonds is 6. The number of aryl methyl sites for hydroxylation is 2. The molecule has 1 aromatic heterocycles. The topological polar surface area (TPSA) is 39.1 Å². The summed E-state index contributed by atoms with van der Waals surface area (Å²) in [6.45, 7) is 5.98. The van der Waals surface area contributed by atoms with Gasteiger partial charge in [0.25, 0.3) is 0 Å². The molecule has 2 aromatic rings. The van der Waals surface area contributed by atoms with Gasteiger partial charge in [-0.05, 0) is 31.0 Å². The summed E-state index contributed by atoms with van der Waals surface area (Å²) in [7, 11) is 1.70. The van der Waals surface area contributed by atoms with Gasteiger partial charge in [0.1, 0.15) is 5.75 Å². The van der Waals surface area contributed by atoms with Crippen molar-refractivity contribution in [1.82, 2.24) is 9.55 Å². The van der Waals surface area contributed by atoms with Crippen molar-refractivity contribution in [1.29, 1.82) is 0 Å². The SMILES string of the molecule is CCCn1cncc1CNc1ccc(C)cc1OC. The molecular weight excluding hydrogens is 238 g/mol. The number of imidazole rings is 1. The third kappa shape index (κ3) is 3.28. The zero-order chi connectivity index (χ0) is 13.7. The minimum Gasteiger partial charge on any atom is -0.495 e. The zero-order valence-corrected chi connectivity index (χ0v) is 11.8. The Hall–Kier alpha value is -1.97. The van der Waals surface area contributed by atoms with Crippen molar-refractivity contribution in [2.45, 2.75) is 33.4 Å². The fraction of sp³-hybridized carbons (Fsp3) is 0.400. The Morgan fingerprint density at radius 3 is 2.95 bits per heavy atom. The highest BCUT2D eigenvalue weighted by Gasteiger charge is 2.05. The van der Waals surface area contributed by atoms with E-state index in [9.17, 15) is 0 Å². The van der Waals surface area contributed by atoms with Gasteiger partial charge in [-0.1, -0.05) is 13.0 Å². The molecule has 4 heteroatoms. The minimum atomic E-state index is 0.749. The number of nitrogens with zero attached hydrogens (tertiary/aromatic N) is 2. The second-order valence-electron chi connectivity index (χ2n) is 4.64. The molecule has 0 amide bonds. The molecule has 0 fully saturated rings. The molecule has 102 valence electrons. The molecule has 0 bridgehead atoms. The Morgan fingerprint density at radius 1 is 1.37 bits per heavy atom. The molecule has 0 saturated carbocycles. The van der Waals surface area contributed by atoms with Crippen molar-refractivity contribution in [2.75, 3.05) is 12.4 Å². The molecule has 2 rings (SSSR count). The molecule has 0 saturated heterocycles. The van der Waals surface area contributed by atoms with Crippen LogP contribution >= 0.6 is 0 Å². The molecule has 0 aliphatic heterocycles. The lowest BCUT2D eigenvalue weighted by Gasteiger charge is -2.13. The number of ether oxygens (including phenoxy) is 1. The van der Waals surface area contributed by atoms with Gasteiger partial charge < -0.3 is 14.6 Å². The molecule has 0 unspecified atom stereocenters. The van der Waals surface area contributed by atoms with Gasteiger partial charge >= 0.3 is 0 Å². The molecule has 0 spiro atoms. The first-order valence-electron chi connectivity index (χ1n) is 6.62. The van der Waals surface area contributed by atoms with E-state index in [4.69, 9.17) is 4.74 Å². The number of hydrogen-bond donors (Lipinski definition) is 1. The van der Waals surface area contributed by atoms with E-state index in [2.05, 4.69) is 40.8 Å². The van der Waals surface area contributed by atoms with E-state index >= 15 is 0 Å². The monoisotopic (exact) mass is 259 g/mol. The van der Waals surface area contributed by atoms with Gasteiger partial charge in [-0.15, -0.1) is 0 Å². The number of nitrogens with one attached hydrogen (secondary N) is 1. The third-order valence-electron chi connectivity index (χ3n) is 3.08. The smallest absolute Gasteiger partial charge is 0.142 e. The van der Waals surface area contributed by atoms with Crippen LogP contribution in [0.15, 0.2) is 30.7 Å². The van der Waals surface area contributed by atoms with E-state index in [-0.39, 0.29) is 0 Å². The average molecular weight is 259 g/mol. The Bertz CT molecular complexity index is 534. The highest BCUT2D eigenvalue weighted by Crippen LogP contribution is 2.25. The second-order valence-corrected chi connectivity index (χ2v) is 4.64. The Morgan fingerprint density at radius 2 is 2.21 bits per heavy atom. The fourth-order valence-electron chi connectivity index (χ4n) is 2.07. The van der Waals surface area contributed by atoms with Crippen molar-refractivity contribution < 1.29 is 4.74 Å². The predicted octanol–water partition coefficient (Wildman–Crippen LogP) is 3.22. The molecule has 4 nitrogen and oxygen atoms in total.